The van der Waals surface area contributed by atoms with E-state index in [4.69, 9.17) is 0 Å². The smallest absolute Gasteiger partial charge is 0.0540 e. The first-order chi connectivity index (χ1) is 5.50. The van der Waals surface area contributed by atoms with Crippen molar-refractivity contribution in [1.82, 2.24) is 0 Å². The molecule has 0 bridgehead atoms. The third kappa shape index (κ3) is 2.78. The Morgan fingerprint density at radius 2 is 1.67 bits per heavy atom. The molecule has 1 N–H and O–H groups in total. The number of hydrogen-bond donors (Lipinski definition) is 1. The lowest BCUT2D eigenvalue weighted by Crippen LogP contribution is -2.19. The van der Waals surface area contributed by atoms with E-state index in [0.717, 1.165) is 18.8 Å². The molecule has 0 aromatic heterocycles. The zero-order chi connectivity index (χ0) is 9.19. The molecule has 12 heavy (non-hydrogen) atoms. The van der Waals surface area contributed by atoms with Crippen LogP contribution in [0.1, 0.15) is 52.9 Å². The molecule has 1 heteroatoms. The molecular weight excluding hydrogens is 148 g/mol. The average Bonchev–Trinajstić information content (AvgIpc) is 2.11. The van der Waals surface area contributed by atoms with Crippen LogP contribution in [0, 0.1) is 11.3 Å². The van der Waals surface area contributed by atoms with Gasteiger partial charge in [-0.2, -0.15) is 0 Å². The lowest BCUT2D eigenvalue weighted by atomic mass is 9.76. The van der Waals surface area contributed by atoms with Gasteiger partial charge in [-0.1, -0.05) is 27.2 Å². The second-order valence-corrected chi connectivity index (χ2v) is 5.23. The standard InChI is InChI=1S/C11H22O/c1-11(2,3)9-5-4-6-10(12)8-7-9/h9-10,12H,4-8H2,1-3H3/t9-,10-/m0/s1. The molecule has 0 amide bonds. The average molecular weight is 170 g/mol. The van der Waals surface area contributed by atoms with Crippen LogP contribution in [0.15, 0.2) is 0 Å². The lowest BCUT2D eigenvalue weighted by molar-refractivity contribution is 0.149. The van der Waals surface area contributed by atoms with Crippen LogP contribution in [0.25, 0.3) is 0 Å². The molecule has 0 heterocycles. The molecule has 0 radical (unpaired) electrons. The van der Waals surface area contributed by atoms with Gasteiger partial charge in [0, 0.05) is 0 Å². The van der Waals surface area contributed by atoms with E-state index in [1.807, 2.05) is 0 Å². The van der Waals surface area contributed by atoms with Crippen LogP contribution in [0.2, 0.25) is 0 Å². The summed E-state index contributed by atoms with van der Waals surface area (Å²) in [5, 5.41) is 9.47. The normalized spacial score (nSPS) is 33.0. The second kappa shape index (κ2) is 3.78. The van der Waals surface area contributed by atoms with Crippen LogP contribution in [-0.4, -0.2) is 11.2 Å². The molecule has 0 aromatic carbocycles. The molecule has 0 saturated heterocycles. The molecule has 1 nitrogen and oxygen atoms in total. The SMILES string of the molecule is CC(C)(C)[C@H]1CCC[C@H](O)CC1. The molecule has 1 rings (SSSR count). The van der Waals surface area contributed by atoms with E-state index >= 15 is 0 Å². The summed E-state index contributed by atoms with van der Waals surface area (Å²) in [5.41, 5.74) is 0.435. The van der Waals surface area contributed by atoms with E-state index in [-0.39, 0.29) is 6.10 Å². The van der Waals surface area contributed by atoms with Crippen molar-refractivity contribution in [2.24, 2.45) is 11.3 Å². The molecular formula is C11H22O. The summed E-state index contributed by atoms with van der Waals surface area (Å²) in [6.07, 6.45) is 5.75. The summed E-state index contributed by atoms with van der Waals surface area (Å²) >= 11 is 0. The maximum absolute atomic E-state index is 9.47. The minimum Gasteiger partial charge on any atom is -0.393 e. The Hall–Kier alpha value is -0.0400. The van der Waals surface area contributed by atoms with Crippen LogP contribution >= 0.6 is 0 Å². The highest BCUT2D eigenvalue weighted by atomic mass is 16.3. The van der Waals surface area contributed by atoms with Gasteiger partial charge in [-0.25, -0.2) is 0 Å². The van der Waals surface area contributed by atoms with Crippen molar-refractivity contribution in [1.29, 1.82) is 0 Å². The van der Waals surface area contributed by atoms with Gasteiger partial charge >= 0.3 is 0 Å². The molecule has 2 atom stereocenters. The van der Waals surface area contributed by atoms with Crippen molar-refractivity contribution < 1.29 is 5.11 Å². The van der Waals surface area contributed by atoms with E-state index in [1.165, 1.54) is 19.3 Å². The lowest BCUT2D eigenvalue weighted by Gasteiger charge is -2.29. The van der Waals surface area contributed by atoms with E-state index in [0.29, 0.717) is 5.41 Å². The summed E-state index contributed by atoms with van der Waals surface area (Å²) in [5.74, 6) is 0.814. The Labute approximate surface area is 76.2 Å². The monoisotopic (exact) mass is 170 g/mol. The van der Waals surface area contributed by atoms with Crippen molar-refractivity contribution in [3.63, 3.8) is 0 Å². The maximum atomic E-state index is 9.47. The van der Waals surface area contributed by atoms with Crippen LogP contribution < -0.4 is 0 Å². The molecule has 1 saturated carbocycles. The van der Waals surface area contributed by atoms with Crippen molar-refractivity contribution >= 4 is 0 Å². The van der Waals surface area contributed by atoms with Gasteiger partial charge in [0.05, 0.1) is 6.10 Å². The minimum absolute atomic E-state index is 0.0163. The minimum atomic E-state index is -0.0163. The summed E-state index contributed by atoms with van der Waals surface area (Å²) in [6.45, 7) is 6.94. The molecule has 1 aliphatic carbocycles. The fourth-order valence-corrected chi connectivity index (χ4v) is 2.15. The topological polar surface area (TPSA) is 20.2 Å². The van der Waals surface area contributed by atoms with Crippen molar-refractivity contribution in [3.8, 4) is 0 Å². The van der Waals surface area contributed by atoms with Crippen molar-refractivity contribution in [2.75, 3.05) is 0 Å². The summed E-state index contributed by atoms with van der Waals surface area (Å²) < 4.78 is 0. The van der Waals surface area contributed by atoms with Gasteiger partial charge in [-0.3, -0.25) is 0 Å². The largest absolute Gasteiger partial charge is 0.393 e. The van der Waals surface area contributed by atoms with Gasteiger partial charge in [0.15, 0.2) is 0 Å². The Morgan fingerprint density at radius 1 is 1.00 bits per heavy atom. The van der Waals surface area contributed by atoms with Gasteiger partial charge in [-0.15, -0.1) is 0 Å². The highest BCUT2D eigenvalue weighted by molar-refractivity contribution is 4.78. The van der Waals surface area contributed by atoms with Gasteiger partial charge < -0.3 is 5.11 Å². The van der Waals surface area contributed by atoms with Crippen LogP contribution in [0.3, 0.4) is 0 Å². The quantitative estimate of drug-likeness (QED) is 0.554. The van der Waals surface area contributed by atoms with Crippen molar-refractivity contribution in [2.45, 2.75) is 59.0 Å². The Balaban J connectivity index is 2.46. The zero-order valence-corrected chi connectivity index (χ0v) is 8.64. The molecule has 1 aliphatic rings. The fraction of sp³-hybridized carbons (Fsp3) is 1.00. The summed E-state index contributed by atoms with van der Waals surface area (Å²) in [6, 6.07) is 0. The third-order valence-corrected chi connectivity index (χ3v) is 3.16. The van der Waals surface area contributed by atoms with E-state index in [1.54, 1.807) is 0 Å². The Kier molecular flexibility index (Phi) is 3.16. The van der Waals surface area contributed by atoms with Gasteiger partial charge in [-0.05, 0) is 37.0 Å². The maximum Gasteiger partial charge on any atom is 0.0540 e. The molecule has 72 valence electrons. The summed E-state index contributed by atoms with van der Waals surface area (Å²) in [4.78, 5) is 0. The number of aliphatic hydroxyl groups excluding tert-OH is 1. The number of rotatable bonds is 0. The van der Waals surface area contributed by atoms with E-state index in [9.17, 15) is 5.11 Å². The fourth-order valence-electron chi connectivity index (χ4n) is 2.15. The molecule has 0 spiro atoms. The van der Waals surface area contributed by atoms with E-state index < -0.39 is 0 Å². The van der Waals surface area contributed by atoms with Crippen LogP contribution in [0.5, 0.6) is 0 Å². The zero-order valence-electron chi connectivity index (χ0n) is 8.64. The Bertz CT molecular complexity index is 134. The van der Waals surface area contributed by atoms with Crippen LogP contribution in [0.4, 0.5) is 0 Å². The number of aliphatic hydroxyl groups is 1. The predicted molar refractivity (Wildman–Crippen MR) is 52.0 cm³/mol. The number of hydrogen-bond acceptors (Lipinski definition) is 1. The first-order valence-corrected chi connectivity index (χ1v) is 5.18. The second-order valence-electron chi connectivity index (χ2n) is 5.23. The molecule has 1 fully saturated rings. The van der Waals surface area contributed by atoms with Gasteiger partial charge in [0.1, 0.15) is 0 Å². The first kappa shape index (κ1) is 10.0. The van der Waals surface area contributed by atoms with Gasteiger partial charge in [0.2, 0.25) is 0 Å². The molecule has 0 aromatic rings. The molecule has 0 unspecified atom stereocenters. The van der Waals surface area contributed by atoms with Crippen LogP contribution in [-0.2, 0) is 0 Å². The van der Waals surface area contributed by atoms with Gasteiger partial charge in [0.25, 0.3) is 0 Å². The summed E-state index contributed by atoms with van der Waals surface area (Å²) in [7, 11) is 0. The Morgan fingerprint density at radius 3 is 2.25 bits per heavy atom. The highest BCUT2D eigenvalue weighted by Crippen LogP contribution is 2.36. The first-order valence-electron chi connectivity index (χ1n) is 5.18. The molecule has 0 aliphatic heterocycles. The highest BCUT2D eigenvalue weighted by Gasteiger charge is 2.26. The third-order valence-electron chi connectivity index (χ3n) is 3.16. The van der Waals surface area contributed by atoms with Crippen molar-refractivity contribution in [3.05, 3.63) is 0 Å². The predicted octanol–water partition coefficient (Wildman–Crippen LogP) is 2.97. The van der Waals surface area contributed by atoms with E-state index in [2.05, 4.69) is 20.8 Å².